The van der Waals surface area contributed by atoms with E-state index < -0.39 is 0 Å². The molecule has 0 saturated carbocycles. The Hall–Kier alpha value is -4.70. The SMILES string of the molecule is CC1(C)c2cc(-c3ccccc3)cc(c2)-n2ccc(n2)C(C)(C)C(C)(C)c2ccn(n2)-c2cc(-c3ccccc3)cc1c2. The number of aromatic nitrogens is 4. The third-order valence-electron chi connectivity index (χ3n) is 10.0. The molecule has 4 nitrogen and oxygen atoms in total. The molecule has 0 saturated heterocycles. The smallest absolute Gasteiger partial charge is 0.0694 e. The van der Waals surface area contributed by atoms with Crippen LogP contribution in [0.15, 0.2) is 122 Å². The highest BCUT2D eigenvalue weighted by molar-refractivity contribution is 5.71. The lowest BCUT2D eigenvalue weighted by molar-refractivity contribution is 0.286. The number of benzene rings is 4. The van der Waals surface area contributed by atoms with E-state index in [9.17, 15) is 0 Å². The van der Waals surface area contributed by atoms with E-state index in [1.54, 1.807) is 0 Å². The van der Waals surface area contributed by atoms with Crippen LogP contribution < -0.4 is 0 Å². The van der Waals surface area contributed by atoms with Crippen LogP contribution in [-0.2, 0) is 16.2 Å². The van der Waals surface area contributed by atoms with E-state index in [4.69, 9.17) is 10.2 Å². The predicted molar refractivity (Wildman–Crippen MR) is 176 cm³/mol. The van der Waals surface area contributed by atoms with E-state index in [-0.39, 0.29) is 16.2 Å². The highest BCUT2D eigenvalue weighted by Crippen LogP contribution is 2.44. The molecule has 8 bridgehead atoms. The van der Waals surface area contributed by atoms with Gasteiger partial charge in [-0.25, -0.2) is 9.36 Å². The first-order valence-corrected chi connectivity index (χ1v) is 15.1. The molecule has 0 aliphatic carbocycles. The maximum atomic E-state index is 5.21. The van der Waals surface area contributed by atoms with Crippen LogP contribution in [0.3, 0.4) is 0 Å². The van der Waals surface area contributed by atoms with Gasteiger partial charge in [-0.15, -0.1) is 0 Å². The molecule has 0 atom stereocenters. The quantitative estimate of drug-likeness (QED) is 0.211. The molecule has 6 aromatic rings. The van der Waals surface area contributed by atoms with Crippen molar-refractivity contribution in [2.75, 3.05) is 0 Å². The average molecular weight is 563 g/mol. The van der Waals surface area contributed by atoms with Gasteiger partial charge in [0.25, 0.3) is 0 Å². The van der Waals surface area contributed by atoms with Crippen LogP contribution in [0, 0.1) is 0 Å². The minimum atomic E-state index is -0.316. The van der Waals surface area contributed by atoms with Gasteiger partial charge in [0.15, 0.2) is 0 Å². The summed E-state index contributed by atoms with van der Waals surface area (Å²) in [6.07, 6.45) is 4.21. The third kappa shape index (κ3) is 4.44. The monoisotopic (exact) mass is 562 g/mol. The molecule has 0 amide bonds. The Morgan fingerprint density at radius 1 is 0.442 bits per heavy atom. The molecule has 7 rings (SSSR count). The summed E-state index contributed by atoms with van der Waals surface area (Å²) < 4.78 is 4.09. The average Bonchev–Trinajstić information content (AvgIpc) is 3.73. The van der Waals surface area contributed by atoms with Crippen molar-refractivity contribution in [2.24, 2.45) is 0 Å². The first kappa shape index (κ1) is 27.2. The molecule has 0 N–H and O–H groups in total. The Morgan fingerprint density at radius 3 is 1.23 bits per heavy atom. The van der Waals surface area contributed by atoms with E-state index in [1.807, 2.05) is 9.36 Å². The van der Waals surface area contributed by atoms with Crippen molar-refractivity contribution in [2.45, 2.75) is 57.8 Å². The molecule has 0 spiro atoms. The summed E-state index contributed by atoms with van der Waals surface area (Å²) in [7, 11) is 0. The first-order chi connectivity index (χ1) is 20.5. The summed E-state index contributed by atoms with van der Waals surface area (Å²) in [5, 5.41) is 10.4. The second-order valence-corrected chi connectivity index (χ2v) is 13.4. The number of hydrogen-bond donors (Lipinski definition) is 0. The fourth-order valence-corrected chi connectivity index (χ4v) is 6.21. The highest BCUT2D eigenvalue weighted by Gasteiger charge is 2.43. The molecule has 2 aromatic heterocycles. The van der Waals surface area contributed by atoms with Crippen LogP contribution in [0.5, 0.6) is 0 Å². The Labute approximate surface area is 254 Å². The molecule has 1 aliphatic rings. The standard InChI is InChI=1S/C39H38N4/c1-37(2)31-21-29(27-13-9-7-10-14-27)23-33(25-31)42-19-17-35(40-42)38(3,4)39(5,6)36-18-20-43(41-36)34-24-30(22-32(37)26-34)28-15-11-8-12-16-28/h7-26H,1-6H3. The minimum absolute atomic E-state index is 0.284. The van der Waals surface area contributed by atoms with Gasteiger partial charge in [-0.1, -0.05) is 114 Å². The van der Waals surface area contributed by atoms with Crippen LogP contribution in [0.4, 0.5) is 0 Å². The van der Waals surface area contributed by atoms with Crippen molar-refractivity contribution in [1.29, 1.82) is 0 Å². The topological polar surface area (TPSA) is 35.6 Å². The van der Waals surface area contributed by atoms with Crippen LogP contribution >= 0.6 is 0 Å². The van der Waals surface area contributed by atoms with Crippen molar-refractivity contribution < 1.29 is 0 Å². The summed E-state index contributed by atoms with van der Waals surface area (Å²) in [6, 6.07) is 39.4. The van der Waals surface area contributed by atoms with Gasteiger partial charge < -0.3 is 0 Å². The van der Waals surface area contributed by atoms with Crippen LogP contribution in [0.25, 0.3) is 33.6 Å². The third-order valence-corrected chi connectivity index (χ3v) is 10.0. The lowest BCUT2D eigenvalue weighted by Crippen LogP contribution is -2.41. The van der Waals surface area contributed by atoms with Gasteiger partial charge in [0.05, 0.1) is 22.8 Å². The van der Waals surface area contributed by atoms with Crippen molar-refractivity contribution in [3.05, 3.63) is 144 Å². The molecule has 43 heavy (non-hydrogen) atoms. The van der Waals surface area contributed by atoms with E-state index in [0.29, 0.717) is 0 Å². The largest absolute Gasteiger partial charge is 0.241 e. The summed E-state index contributed by atoms with van der Waals surface area (Å²) in [4.78, 5) is 0. The molecular weight excluding hydrogens is 524 g/mol. The van der Waals surface area contributed by atoms with Gasteiger partial charge >= 0.3 is 0 Å². The van der Waals surface area contributed by atoms with Gasteiger partial charge in [-0.3, -0.25) is 0 Å². The van der Waals surface area contributed by atoms with Crippen molar-refractivity contribution >= 4 is 0 Å². The number of rotatable bonds is 2. The Bertz CT molecular complexity index is 1800. The van der Waals surface area contributed by atoms with E-state index >= 15 is 0 Å². The van der Waals surface area contributed by atoms with E-state index in [0.717, 1.165) is 22.8 Å². The summed E-state index contributed by atoms with van der Waals surface area (Å²) in [6.45, 7) is 13.8. The van der Waals surface area contributed by atoms with E-state index in [2.05, 4.69) is 163 Å². The van der Waals surface area contributed by atoms with Crippen LogP contribution in [0.1, 0.15) is 64.1 Å². The van der Waals surface area contributed by atoms with Gasteiger partial charge in [0, 0.05) is 28.6 Å². The Balaban J connectivity index is 1.55. The maximum Gasteiger partial charge on any atom is 0.0694 e. The van der Waals surface area contributed by atoms with Gasteiger partial charge in [0.1, 0.15) is 0 Å². The highest BCUT2D eigenvalue weighted by atomic mass is 15.3. The molecule has 4 heteroatoms. The van der Waals surface area contributed by atoms with Crippen molar-refractivity contribution in [3.8, 4) is 33.6 Å². The zero-order valence-corrected chi connectivity index (χ0v) is 25.8. The van der Waals surface area contributed by atoms with Gasteiger partial charge in [-0.2, -0.15) is 10.2 Å². The zero-order valence-electron chi connectivity index (χ0n) is 25.8. The fraction of sp³-hybridized carbons (Fsp3) is 0.231. The van der Waals surface area contributed by atoms with E-state index in [1.165, 1.54) is 33.4 Å². The summed E-state index contributed by atoms with van der Waals surface area (Å²) in [5.41, 5.74) is 10.5. The number of fused-ring (bicyclic) bond motifs is 10. The normalized spacial score (nSPS) is 16.2. The summed E-state index contributed by atoms with van der Waals surface area (Å²) >= 11 is 0. The Morgan fingerprint density at radius 2 is 0.837 bits per heavy atom. The lowest BCUT2D eigenvalue weighted by atomic mass is 9.64. The Kier molecular flexibility index (Phi) is 6.10. The molecule has 0 radical (unpaired) electrons. The van der Waals surface area contributed by atoms with Crippen molar-refractivity contribution in [3.63, 3.8) is 0 Å². The molecule has 3 heterocycles. The van der Waals surface area contributed by atoms with Gasteiger partial charge in [-0.05, 0) is 69.8 Å². The molecule has 4 aromatic carbocycles. The van der Waals surface area contributed by atoms with Crippen molar-refractivity contribution in [1.82, 2.24) is 19.6 Å². The van der Waals surface area contributed by atoms with Gasteiger partial charge in [0.2, 0.25) is 0 Å². The van der Waals surface area contributed by atoms with Crippen LogP contribution in [0.2, 0.25) is 0 Å². The molecule has 214 valence electrons. The number of hydrogen-bond acceptors (Lipinski definition) is 2. The molecular formula is C39H38N4. The lowest BCUT2D eigenvalue weighted by Gasteiger charge is -2.39. The zero-order chi connectivity index (χ0) is 30.0. The number of nitrogens with zero attached hydrogens (tertiary/aromatic N) is 4. The molecule has 0 unspecified atom stereocenters. The predicted octanol–water partition coefficient (Wildman–Crippen LogP) is 9.29. The molecule has 0 fully saturated rings. The minimum Gasteiger partial charge on any atom is -0.241 e. The summed E-state index contributed by atoms with van der Waals surface area (Å²) in [5.74, 6) is 0. The second-order valence-electron chi connectivity index (χ2n) is 13.4. The fourth-order valence-electron chi connectivity index (χ4n) is 6.21. The second kappa shape index (κ2) is 9.67. The molecule has 1 aliphatic heterocycles. The first-order valence-electron chi connectivity index (χ1n) is 15.1. The maximum absolute atomic E-state index is 5.21. The van der Waals surface area contributed by atoms with Crippen LogP contribution in [-0.4, -0.2) is 19.6 Å².